The van der Waals surface area contributed by atoms with Crippen LogP contribution in [0.25, 0.3) is 0 Å². The van der Waals surface area contributed by atoms with Crippen molar-refractivity contribution >= 4 is 0 Å². The monoisotopic (exact) mass is 247 g/mol. The van der Waals surface area contributed by atoms with Crippen molar-refractivity contribution in [3.63, 3.8) is 0 Å². The molecule has 0 aliphatic carbocycles. The summed E-state index contributed by atoms with van der Waals surface area (Å²) < 4.78 is 65.9. The first-order valence-corrected chi connectivity index (χ1v) is 1.97. The second kappa shape index (κ2) is 5.02. The van der Waals surface area contributed by atoms with E-state index in [1.165, 1.54) is 0 Å². The Morgan fingerprint density at radius 3 is 1.00 bits per heavy atom. The molecule has 0 radical (unpaired) electrons. The number of aliphatic hydroxyl groups is 1. The van der Waals surface area contributed by atoms with E-state index in [9.17, 15) is 26.3 Å². The first-order chi connectivity index (χ1) is 4.15. The summed E-state index contributed by atoms with van der Waals surface area (Å²) in [5.74, 6) is 0. The average molecular weight is 248 g/mol. The maximum absolute atomic E-state index is 11.0. The van der Waals surface area contributed by atoms with Crippen LogP contribution in [0.3, 0.4) is 0 Å². The van der Waals surface area contributed by atoms with Crippen molar-refractivity contribution in [1.29, 1.82) is 0 Å². The Hall–Kier alpha value is 0.163. The van der Waals surface area contributed by atoms with E-state index in [1.54, 1.807) is 0 Å². The van der Waals surface area contributed by atoms with Gasteiger partial charge in [-0.1, -0.05) is 0 Å². The zero-order valence-electron chi connectivity index (χ0n) is 6.00. The molecule has 8 heteroatoms. The van der Waals surface area contributed by atoms with E-state index in [0.29, 0.717) is 0 Å². The molecule has 0 amide bonds. The molecule has 0 spiro atoms. The van der Waals surface area contributed by atoms with Gasteiger partial charge in [0, 0.05) is 19.5 Å². The van der Waals surface area contributed by atoms with Gasteiger partial charge in [0.05, 0.1) is 0 Å². The van der Waals surface area contributed by atoms with Crippen LogP contribution in [0, 0.1) is 7.43 Å². The van der Waals surface area contributed by atoms with Gasteiger partial charge in [0.15, 0.2) is 0 Å². The quantitative estimate of drug-likeness (QED) is 0.394. The minimum atomic E-state index is -5.63. The van der Waals surface area contributed by atoms with Gasteiger partial charge >= 0.3 is 12.4 Å². The van der Waals surface area contributed by atoms with E-state index >= 15 is 0 Å². The van der Waals surface area contributed by atoms with Crippen molar-refractivity contribution in [1.82, 2.24) is 0 Å². The maximum Gasteiger partial charge on any atom is 0.423 e. The summed E-state index contributed by atoms with van der Waals surface area (Å²) >= 11 is 0. The number of rotatable bonds is 0. The molecule has 0 aromatic carbocycles. The maximum atomic E-state index is 11.0. The number of halogens is 6. The van der Waals surface area contributed by atoms with Gasteiger partial charge in [-0.2, -0.15) is 26.3 Å². The molecule has 0 heterocycles. The van der Waals surface area contributed by atoms with E-state index in [-0.39, 0.29) is 26.9 Å². The number of aliphatic hydroxyl groups excluding tert-OH is 1. The zero-order valence-corrected chi connectivity index (χ0v) is 8.97. The van der Waals surface area contributed by atoms with Crippen LogP contribution in [0.15, 0.2) is 0 Å². The molecule has 0 aromatic rings. The van der Waals surface area contributed by atoms with Gasteiger partial charge in [0.25, 0.3) is 0 Å². The zero-order chi connectivity index (χ0) is 8.58. The minimum Gasteiger partial charge on any atom is -0.377 e. The number of hydrogen-bond donors (Lipinski definition) is 1. The van der Waals surface area contributed by atoms with Crippen LogP contribution in [0.4, 0.5) is 26.3 Å². The third kappa shape index (κ3) is 5.77. The molecular formula is C4H5F6OZn-. The van der Waals surface area contributed by atoms with Crippen LogP contribution in [0.2, 0.25) is 0 Å². The standard InChI is InChI=1S/C3H2F6O.CH3.Zn/c4-2(5,6)1(10)3(7,8)9;;/h1,10H;1H3;/q;-1;. The molecular weight excluding hydrogens is 243 g/mol. The summed E-state index contributed by atoms with van der Waals surface area (Å²) in [6.07, 6.45) is -15.5. The van der Waals surface area contributed by atoms with Gasteiger partial charge in [0.1, 0.15) is 0 Å². The first-order valence-electron chi connectivity index (χ1n) is 1.97. The molecule has 1 nitrogen and oxygen atoms in total. The van der Waals surface area contributed by atoms with Crippen LogP contribution in [-0.2, 0) is 19.5 Å². The van der Waals surface area contributed by atoms with E-state index in [0.717, 1.165) is 0 Å². The van der Waals surface area contributed by atoms with Gasteiger partial charge in [-0.15, -0.1) is 0 Å². The molecule has 0 unspecified atom stereocenters. The van der Waals surface area contributed by atoms with Gasteiger partial charge in [-0.25, -0.2) is 0 Å². The average Bonchev–Trinajstić information content (AvgIpc) is 1.59. The van der Waals surface area contributed by atoms with Crippen molar-refractivity contribution in [3.8, 4) is 0 Å². The van der Waals surface area contributed by atoms with E-state index < -0.39 is 18.5 Å². The SMILES string of the molecule is OC(C(F)(F)F)C(F)(F)F.[CH3-].[Zn]. The molecule has 0 rings (SSSR count). The normalized spacial score (nSPS) is 12.0. The summed E-state index contributed by atoms with van der Waals surface area (Å²) in [7, 11) is 0. The number of alkyl halides is 6. The van der Waals surface area contributed by atoms with Crippen molar-refractivity contribution in [2.75, 3.05) is 0 Å². The van der Waals surface area contributed by atoms with Crippen LogP contribution in [0.1, 0.15) is 0 Å². The van der Waals surface area contributed by atoms with Crippen molar-refractivity contribution in [3.05, 3.63) is 7.43 Å². The Morgan fingerprint density at radius 1 is 0.833 bits per heavy atom. The number of hydrogen-bond acceptors (Lipinski definition) is 1. The third-order valence-electron chi connectivity index (χ3n) is 0.620. The van der Waals surface area contributed by atoms with Crippen LogP contribution in [0.5, 0.6) is 0 Å². The topological polar surface area (TPSA) is 20.2 Å². The molecule has 0 aliphatic rings. The second-order valence-electron chi connectivity index (χ2n) is 1.49. The molecule has 1 N–H and O–H groups in total. The molecule has 0 atom stereocenters. The summed E-state index contributed by atoms with van der Waals surface area (Å²) in [6.45, 7) is 0. The second-order valence-corrected chi connectivity index (χ2v) is 1.49. The van der Waals surface area contributed by atoms with Gasteiger partial charge in [-0.05, 0) is 0 Å². The summed E-state index contributed by atoms with van der Waals surface area (Å²) in [5, 5.41) is 7.47. The molecule has 0 saturated heterocycles. The Morgan fingerprint density at radius 2 is 1.00 bits per heavy atom. The van der Waals surface area contributed by atoms with Gasteiger partial charge in [0.2, 0.25) is 6.10 Å². The summed E-state index contributed by atoms with van der Waals surface area (Å²) in [4.78, 5) is 0. The van der Waals surface area contributed by atoms with Crippen molar-refractivity contribution < 1.29 is 50.9 Å². The predicted octanol–water partition coefficient (Wildman–Crippen LogP) is 1.92. The van der Waals surface area contributed by atoms with E-state index in [4.69, 9.17) is 5.11 Å². The van der Waals surface area contributed by atoms with Crippen LogP contribution in [-0.4, -0.2) is 23.6 Å². The molecule has 0 aromatic heterocycles. The third-order valence-corrected chi connectivity index (χ3v) is 0.620. The summed E-state index contributed by atoms with van der Waals surface area (Å²) in [5.41, 5.74) is 0. The molecule has 12 heavy (non-hydrogen) atoms. The minimum absolute atomic E-state index is 0. The molecule has 72 valence electrons. The molecule has 0 saturated carbocycles. The fraction of sp³-hybridized carbons (Fsp3) is 0.750. The smallest absolute Gasteiger partial charge is 0.377 e. The van der Waals surface area contributed by atoms with Crippen LogP contribution < -0.4 is 0 Å². The molecule has 0 aliphatic heterocycles. The van der Waals surface area contributed by atoms with Gasteiger partial charge < -0.3 is 12.5 Å². The predicted molar refractivity (Wildman–Crippen MR) is 24.5 cm³/mol. The summed E-state index contributed by atoms with van der Waals surface area (Å²) in [6, 6.07) is 0. The molecule has 0 fully saturated rings. The fourth-order valence-electron chi connectivity index (χ4n) is 0.186. The van der Waals surface area contributed by atoms with E-state index in [1.807, 2.05) is 0 Å². The van der Waals surface area contributed by atoms with E-state index in [2.05, 4.69) is 0 Å². The Bertz CT molecular complexity index is 104. The van der Waals surface area contributed by atoms with Crippen molar-refractivity contribution in [2.24, 2.45) is 0 Å². The Kier molecular flexibility index (Phi) is 7.54. The Labute approximate surface area is 77.5 Å². The largest absolute Gasteiger partial charge is 0.423 e. The fourth-order valence-corrected chi connectivity index (χ4v) is 0.186. The van der Waals surface area contributed by atoms with Crippen LogP contribution >= 0.6 is 0 Å². The molecule has 0 bridgehead atoms. The van der Waals surface area contributed by atoms with Gasteiger partial charge in [-0.3, -0.25) is 0 Å². The first kappa shape index (κ1) is 18.1. The van der Waals surface area contributed by atoms with Crippen molar-refractivity contribution in [2.45, 2.75) is 18.5 Å². The Balaban J connectivity index is -0.000000405.